The number of aldehydes is 2. The van der Waals surface area contributed by atoms with Gasteiger partial charge in [-0.15, -0.1) is 0 Å². The molecule has 0 aromatic heterocycles. The van der Waals surface area contributed by atoms with Gasteiger partial charge in [0.1, 0.15) is 24.1 Å². The maximum Gasteiger partial charge on any atom is 0.328 e. The summed E-state index contributed by atoms with van der Waals surface area (Å²) in [5.74, 6) is 0.0293. The largest absolute Gasteiger partial charge is 0.508 e. The number of rotatable bonds is 31. The Hall–Kier alpha value is -11.3. The van der Waals surface area contributed by atoms with Crippen LogP contribution < -0.4 is 10.1 Å². The van der Waals surface area contributed by atoms with Crippen molar-refractivity contribution in [1.29, 1.82) is 0 Å². The highest BCUT2D eigenvalue weighted by Crippen LogP contribution is 2.46. The number of anilines is 1. The van der Waals surface area contributed by atoms with Gasteiger partial charge in [0.2, 0.25) is 5.91 Å². The molecule has 9 nitrogen and oxygen atoms in total. The van der Waals surface area contributed by atoms with Crippen LogP contribution in [0.15, 0.2) is 366 Å². The number of methoxy groups -OCH3 is 1. The monoisotopic (exact) mass is 1840 g/mol. The molecule has 736 valence electrons. The number of carbonyl (C=O) groups excluding carboxylic acids is 3. The highest BCUT2D eigenvalue weighted by Gasteiger charge is 2.31. The van der Waals surface area contributed by atoms with Crippen LogP contribution in [0.3, 0.4) is 0 Å². The van der Waals surface area contributed by atoms with E-state index in [1.807, 2.05) is 95.4 Å². The molecular formula is C127H175NO8. The van der Waals surface area contributed by atoms with Crippen LogP contribution in [0.2, 0.25) is 0 Å². The molecule has 2 aromatic carbocycles. The molecule has 0 bridgehead atoms. The van der Waals surface area contributed by atoms with Gasteiger partial charge >= 0.3 is 5.97 Å². The third-order valence-corrected chi connectivity index (χ3v) is 25.8. The van der Waals surface area contributed by atoms with E-state index >= 15 is 0 Å². The summed E-state index contributed by atoms with van der Waals surface area (Å²) in [7, 11) is 1.72. The molecule has 0 unspecified atom stereocenters. The molecular weight excluding hydrogens is 1670 g/mol. The van der Waals surface area contributed by atoms with Gasteiger partial charge in [0.25, 0.3) is 0 Å². The average Bonchev–Trinajstić information content (AvgIpc) is 0.832. The summed E-state index contributed by atoms with van der Waals surface area (Å²) in [6, 6.07) is 8.51. The van der Waals surface area contributed by atoms with Crippen LogP contribution in [-0.2, 0) is 19.2 Å². The summed E-state index contributed by atoms with van der Waals surface area (Å²) in [6.45, 7) is 67.3. The lowest BCUT2D eigenvalue weighted by atomic mass is 9.72. The van der Waals surface area contributed by atoms with Gasteiger partial charge in [0, 0.05) is 17.8 Å². The Morgan fingerprint density at radius 2 is 0.640 bits per heavy atom. The quantitative estimate of drug-likeness (QED) is 0.0252. The molecule has 0 spiro atoms. The number of phenolic OH excluding ortho intramolecular Hbond substituents is 1. The highest BCUT2D eigenvalue weighted by atomic mass is 16.5. The molecule has 0 radical (unpaired) electrons. The molecule has 5 aliphatic carbocycles. The Morgan fingerprint density at radius 3 is 0.912 bits per heavy atom. The molecule has 0 atom stereocenters. The Morgan fingerprint density at radius 1 is 0.368 bits per heavy atom. The van der Waals surface area contributed by atoms with Crippen molar-refractivity contribution in [3.8, 4) is 11.5 Å². The second-order valence-corrected chi connectivity index (χ2v) is 40.7. The number of carboxylic acids is 1. The third-order valence-electron chi connectivity index (χ3n) is 25.8. The van der Waals surface area contributed by atoms with E-state index < -0.39 is 5.97 Å². The van der Waals surface area contributed by atoms with Crippen molar-refractivity contribution >= 4 is 36.2 Å². The summed E-state index contributed by atoms with van der Waals surface area (Å²) in [5, 5.41) is 29.5. The number of allylic oxidation sites excluding steroid dienone is 54. The number of amides is 1. The number of aliphatic hydroxyl groups is 1. The van der Waals surface area contributed by atoms with E-state index in [-0.39, 0.29) is 39.9 Å². The van der Waals surface area contributed by atoms with E-state index in [9.17, 15) is 24.3 Å². The van der Waals surface area contributed by atoms with Crippen LogP contribution in [0.5, 0.6) is 11.5 Å². The topological polar surface area (TPSA) is 150 Å². The lowest BCUT2D eigenvalue weighted by molar-refractivity contribution is -0.131. The minimum atomic E-state index is -0.912. The molecule has 2 aromatic rings. The Labute approximate surface area is 826 Å². The summed E-state index contributed by atoms with van der Waals surface area (Å²) in [5.41, 5.74) is 35.1. The van der Waals surface area contributed by atoms with Crippen molar-refractivity contribution < 1.29 is 39.2 Å². The predicted octanol–water partition coefficient (Wildman–Crippen LogP) is 35.5. The second kappa shape index (κ2) is 62.5. The number of ether oxygens (including phenoxy) is 1. The molecule has 4 N–H and O–H groups in total. The van der Waals surface area contributed by atoms with E-state index in [4.69, 9.17) is 14.9 Å². The average molecular weight is 1840 g/mol. The standard InChI is InChI=1S/C26H33NO2.C21H28O.C20H28O2.C20H30O.2C20H28O/c1-19(11-16-24-21(3)10-7-17-26(24,4)5)8-6-9-20(2)18-25(29)27-22-12-14-23(28)15-13-22;1-8-15(2)10-9-11-16(3)12-13-20-17(4)14-21(22-7)19(6)18(20)5;1-15(8-6-9-16(2)14-19(21)22)11-12-18-17(3)10-7-13-20(18,4)5;3*1-16(8-6-9-17(2)13-15-21)11-12-19-18(3)10-7-14-20(19,4)5/h6,8-9,11-16,18,28H,7,10,17H2,1-5H3,(H,27,29);8-14H,1-7H3;6,8-9,11-12,14H,7,10,13H2,1-5H3,(H,21,22);6,8-9,11-13,21H,7,10,14-15H2,1-5H3;2*6,8-9,11-13,15H,7,10,14H2,1-5H3/b9-6+,16-11+,19-8+,20-18+;10-9+,13-12+,15-8+,16-11+;9-6+,12-11+,15-8+,16-14+;2*9-6+,12-11+,16-8+,17-13+;9-6-,12-11+,16-8+,17-13+. The van der Waals surface area contributed by atoms with Crippen LogP contribution in [0.1, 0.15) is 312 Å². The molecule has 1 amide bonds. The van der Waals surface area contributed by atoms with E-state index in [1.165, 1.54) is 214 Å². The molecule has 0 fully saturated rings. The summed E-state index contributed by atoms with van der Waals surface area (Å²) < 4.78 is 5.42. The Kier molecular flexibility index (Phi) is 55.5. The molecule has 9 heteroatoms. The van der Waals surface area contributed by atoms with Gasteiger partial charge in [-0.1, -0.05) is 336 Å². The normalized spacial score (nSPS) is 18.9. The number of aliphatic hydroxyl groups excluding tert-OH is 1. The maximum atomic E-state index is 12.1. The van der Waals surface area contributed by atoms with Gasteiger partial charge in [-0.3, -0.25) is 14.4 Å². The van der Waals surface area contributed by atoms with Crippen LogP contribution >= 0.6 is 0 Å². The molecule has 0 heterocycles. The first-order valence-electron chi connectivity index (χ1n) is 49.1. The number of hydrogen-bond acceptors (Lipinski definition) is 7. The number of carbonyl (C=O) groups is 4. The van der Waals surface area contributed by atoms with Crippen molar-refractivity contribution in [2.24, 2.45) is 27.1 Å². The molecule has 7 rings (SSSR count). The first-order chi connectivity index (χ1) is 63.9. The number of aromatic hydroxyl groups is 1. The predicted molar refractivity (Wildman–Crippen MR) is 593 cm³/mol. The summed E-state index contributed by atoms with van der Waals surface area (Å²) >= 11 is 0. The van der Waals surface area contributed by atoms with E-state index in [1.54, 1.807) is 68.7 Å². The molecule has 0 saturated carbocycles. The van der Waals surface area contributed by atoms with Gasteiger partial charge in [-0.05, 0) is 384 Å². The van der Waals surface area contributed by atoms with E-state index in [2.05, 4.69) is 306 Å². The molecule has 5 aliphatic rings. The Balaban J connectivity index is 0.000000554. The fourth-order valence-electron chi connectivity index (χ4n) is 17.2. The number of carboxylic acid groups (broad SMARTS) is 1. The molecule has 0 saturated heterocycles. The number of nitrogens with one attached hydrogen (secondary N) is 1. The minimum absolute atomic E-state index is 0.0985. The van der Waals surface area contributed by atoms with Gasteiger partial charge in [-0.2, -0.15) is 0 Å². The van der Waals surface area contributed by atoms with Gasteiger partial charge in [0.05, 0.1) is 13.7 Å². The fourth-order valence-corrected chi connectivity index (χ4v) is 17.2. The Bertz CT molecular complexity index is 5220. The number of phenols is 1. The first kappa shape index (κ1) is 121. The summed E-state index contributed by atoms with van der Waals surface area (Å²) in [4.78, 5) is 43.3. The zero-order chi connectivity index (χ0) is 103. The fraction of sp³-hybridized carbons (Fsp3) is 0.417. The van der Waals surface area contributed by atoms with E-state index in [0.717, 1.165) is 51.8 Å². The minimum Gasteiger partial charge on any atom is -0.508 e. The zero-order valence-electron chi connectivity index (χ0n) is 90.0. The lowest BCUT2D eigenvalue weighted by Gasteiger charge is -2.33. The van der Waals surface area contributed by atoms with Crippen molar-refractivity contribution in [1.82, 2.24) is 0 Å². The maximum absolute atomic E-state index is 12.1. The first-order valence-corrected chi connectivity index (χ1v) is 49.1. The van der Waals surface area contributed by atoms with Crippen LogP contribution in [0.4, 0.5) is 5.69 Å². The molecule has 0 aliphatic heterocycles. The lowest BCUT2D eigenvalue weighted by Crippen LogP contribution is -2.19. The number of benzene rings is 2. The van der Waals surface area contributed by atoms with Crippen molar-refractivity contribution in [2.45, 2.75) is 311 Å². The number of aryl methyl sites for hydroxylation is 1. The third kappa shape index (κ3) is 48.0. The van der Waals surface area contributed by atoms with E-state index in [0.29, 0.717) is 11.1 Å². The van der Waals surface area contributed by atoms with Crippen LogP contribution in [-0.4, -0.2) is 53.5 Å². The van der Waals surface area contributed by atoms with Crippen molar-refractivity contribution in [2.75, 3.05) is 19.0 Å². The number of hydrogen-bond donors (Lipinski definition) is 4. The summed E-state index contributed by atoms with van der Waals surface area (Å²) in [6.07, 6.45) is 93.0. The molecule has 136 heavy (non-hydrogen) atoms. The van der Waals surface area contributed by atoms with Gasteiger partial charge in [-0.25, -0.2) is 4.79 Å². The second-order valence-electron chi connectivity index (χ2n) is 40.7. The van der Waals surface area contributed by atoms with Crippen LogP contribution in [0, 0.1) is 47.8 Å². The number of aliphatic carboxylic acids is 1. The zero-order valence-corrected chi connectivity index (χ0v) is 90.0. The SMILES string of the molecule is C/C=C(C)/C=C/C=C(C)/C=C/c1c(C)cc(OC)c(C)c1C.CC1=C(/C=C/C(C)=C/C=C/C(C)=C/C(=O)Nc2ccc(O)cc2)C(C)(C)CCC1.CC1=C(/C=C/C(C)=C/C=C/C(C)=C/C(=O)O)C(C)(C)CCC1.CC1=C(/C=C/C(C)=C/C=C/C(C)=C/C=O)C(C)(C)CCC1.CC1=C(/C=C/C(C)=C/C=C/C(C)=C/CO)C(C)(C)CCC1.CC1=C(/C=C/C(C)=C/C=C\C(C)=C\C=O)C(C)(C)CCC1. The van der Waals surface area contributed by atoms with Crippen molar-refractivity contribution in [3.63, 3.8) is 0 Å². The van der Waals surface area contributed by atoms with Gasteiger partial charge < -0.3 is 25.4 Å². The highest BCUT2D eigenvalue weighted by molar-refractivity contribution is 6.00. The smallest absolute Gasteiger partial charge is 0.328 e. The van der Waals surface area contributed by atoms with Gasteiger partial charge in [0.15, 0.2) is 0 Å². The van der Waals surface area contributed by atoms with Crippen molar-refractivity contribution in [3.05, 3.63) is 388 Å². The van der Waals surface area contributed by atoms with Crippen LogP contribution in [0.25, 0.3) is 6.08 Å².